The van der Waals surface area contributed by atoms with Gasteiger partial charge in [-0.3, -0.25) is 0 Å². The van der Waals surface area contributed by atoms with Gasteiger partial charge in [-0.15, -0.1) is 0 Å². The summed E-state index contributed by atoms with van der Waals surface area (Å²) in [5.41, 5.74) is 1.09. The minimum Gasteiger partial charge on any atom is -0.368 e. The van der Waals surface area contributed by atoms with Crippen molar-refractivity contribution in [3.05, 3.63) is 29.2 Å². The van der Waals surface area contributed by atoms with Crippen molar-refractivity contribution in [1.29, 1.82) is 0 Å². The molecule has 0 aromatic carbocycles. The normalized spacial score (nSPS) is 12.0. The summed E-state index contributed by atoms with van der Waals surface area (Å²) < 4.78 is 22.4. The van der Waals surface area contributed by atoms with Crippen molar-refractivity contribution in [2.75, 3.05) is 23.9 Å². The van der Waals surface area contributed by atoms with E-state index in [0.29, 0.717) is 23.4 Å². The molecule has 0 aliphatic heterocycles. The van der Waals surface area contributed by atoms with E-state index in [1.165, 1.54) is 6.26 Å². The monoisotopic (exact) mass is 327 g/mol. The highest BCUT2D eigenvalue weighted by Crippen LogP contribution is 2.29. The maximum absolute atomic E-state index is 11.2. The Labute approximate surface area is 129 Å². The van der Waals surface area contributed by atoms with Gasteiger partial charge in [0.2, 0.25) is 0 Å². The molecular formula is C14H18ClN3O2S. The molecule has 5 nitrogen and oxygen atoms in total. The number of nitrogens with one attached hydrogen (secondary N) is 1. The first kappa shape index (κ1) is 16.0. The van der Waals surface area contributed by atoms with Crippen LogP contribution in [-0.2, 0) is 9.84 Å². The van der Waals surface area contributed by atoms with Crippen molar-refractivity contribution in [2.45, 2.75) is 19.8 Å². The zero-order valence-electron chi connectivity index (χ0n) is 12.2. The Hall–Kier alpha value is -1.40. The van der Waals surface area contributed by atoms with E-state index in [0.717, 1.165) is 16.3 Å². The van der Waals surface area contributed by atoms with Gasteiger partial charge in [0, 0.05) is 30.6 Å². The van der Waals surface area contributed by atoms with Gasteiger partial charge < -0.3 is 5.32 Å². The van der Waals surface area contributed by atoms with Crippen LogP contribution >= 0.6 is 11.6 Å². The lowest BCUT2D eigenvalue weighted by Crippen LogP contribution is -2.15. The molecule has 0 aliphatic carbocycles. The van der Waals surface area contributed by atoms with E-state index in [4.69, 9.17) is 11.6 Å². The summed E-state index contributed by atoms with van der Waals surface area (Å²) in [6.45, 7) is 4.48. The molecule has 0 saturated heterocycles. The second-order valence-corrected chi connectivity index (χ2v) is 7.97. The molecule has 7 heteroatoms. The van der Waals surface area contributed by atoms with Crippen LogP contribution in [0, 0.1) is 0 Å². The Morgan fingerprint density at radius 1 is 1.24 bits per heavy atom. The first-order valence-corrected chi connectivity index (χ1v) is 9.07. The number of halogens is 1. The number of aromatic nitrogens is 2. The molecule has 2 rings (SSSR count). The maximum atomic E-state index is 11.2. The molecule has 0 radical (unpaired) electrons. The van der Waals surface area contributed by atoms with Crippen molar-refractivity contribution < 1.29 is 8.42 Å². The number of hydrogen-bond acceptors (Lipinski definition) is 5. The van der Waals surface area contributed by atoms with Crippen molar-refractivity contribution >= 4 is 38.0 Å². The molecule has 0 unspecified atom stereocenters. The summed E-state index contributed by atoms with van der Waals surface area (Å²) in [4.78, 5) is 8.48. The molecular weight excluding hydrogens is 310 g/mol. The van der Waals surface area contributed by atoms with Gasteiger partial charge in [0.25, 0.3) is 0 Å². The van der Waals surface area contributed by atoms with Crippen LogP contribution in [0.15, 0.2) is 18.5 Å². The van der Waals surface area contributed by atoms with Gasteiger partial charge in [-0.25, -0.2) is 18.4 Å². The molecule has 0 amide bonds. The van der Waals surface area contributed by atoms with Crippen molar-refractivity contribution in [2.24, 2.45) is 0 Å². The first-order valence-electron chi connectivity index (χ1n) is 6.63. The summed E-state index contributed by atoms with van der Waals surface area (Å²) in [6.07, 6.45) is 4.68. The van der Waals surface area contributed by atoms with Gasteiger partial charge in [0.05, 0.1) is 5.75 Å². The molecule has 114 valence electrons. The molecule has 0 atom stereocenters. The number of pyridine rings is 2. The van der Waals surface area contributed by atoms with Crippen LogP contribution in [0.3, 0.4) is 0 Å². The van der Waals surface area contributed by atoms with Gasteiger partial charge in [-0.2, -0.15) is 0 Å². The van der Waals surface area contributed by atoms with Crippen molar-refractivity contribution in [3.63, 3.8) is 0 Å². The minimum atomic E-state index is -3.00. The molecule has 0 saturated carbocycles. The molecule has 2 aromatic heterocycles. The SMILES string of the molecule is CC(C)c1cnc(NCCS(C)(=O)=O)c2cnc(Cl)cc12. The number of fused-ring (bicyclic) bond motifs is 1. The van der Waals surface area contributed by atoms with Gasteiger partial charge in [-0.05, 0) is 22.9 Å². The van der Waals surface area contributed by atoms with Crippen LogP contribution in [-0.4, -0.2) is 36.9 Å². The first-order chi connectivity index (χ1) is 9.78. The molecule has 21 heavy (non-hydrogen) atoms. The van der Waals surface area contributed by atoms with Gasteiger partial charge in [-0.1, -0.05) is 25.4 Å². The highest BCUT2D eigenvalue weighted by molar-refractivity contribution is 7.90. The number of sulfone groups is 1. The van der Waals surface area contributed by atoms with Crippen LogP contribution in [0.25, 0.3) is 10.8 Å². The Morgan fingerprint density at radius 2 is 1.95 bits per heavy atom. The number of nitrogens with zero attached hydrogens (tertiary/aromatic N) is 2. The van der Waals surface area contributed by atoms with E-state index < -0.39 is 9.84 Å². The van der Waals surface area contributed by atoms with E-state index in [1.54, 1.807) is 12.4 Å². The highest BCUT2D eigenvalue weighted by Gasteiger charge is 2.12. The predicted molar refractivity (Wildman–Crippen MR) is 86.8 cm³/mol. The Kier molecular flexibility index (Phi) is 4.68. The maximum Gasteiger partial charge on any atom is 0.149 e. The van der Waals surface area contributed by atoms with Crippen molar-refractivity contribution in [1.82, 2.24) is 9.97 Å². The van der Waals surface area contributed by atoms with Crippen LogP contribution in [0.5, 0.6) is 0 Å². The number of rotatable bonds is 5. The van der Waals surface area contributed by atoms with E-state index >= 15 is 0 Å². The third-order valence-corrected chi connectivity index (χ3v) is 4.31. The Balaban J connectivity index is 2.40. The Bertz CT molecular complexity index is 760. The molecule has 0 fully saturated rings. The molecule has 1 N–H and O–H groups in total. The topological polar surface area (TPSA) is 72.0 Å². The van der Waals surface area contributed by atoms with Gasteiger partial charge in [0.1, 0.15) is 20.8 Å². The van der Waals surface area contributed by atoms with Crippen LogP contribution < -0.4 is 5.32 Å². The lowest BCUT2D eigenvalue weighted by atomic mass is 9.99. The average molecular weight is 328 g/mol. The average Bonchev–Trinajstić information content (AvgIpc) is 2.36. The summed E-state index contributed by atoms with van der Waals surface area (Å²) in [5.74, 6) is 0.995. The fraction of sp³-hybridized carbons (Fsp3) is 0.429. The second-order valence-electron chi connectivity index (χ2n) is 5.33. The molecule has 2 heterocycles. The van der Waals surface area contributed by atoms with E-state index in [-0.39, 0.29) is 5.75 Å². The third kappa shape index (κ3) is 4.04. The van der Waals surface area contributed by atoms with Crippen molar-refractivity contribution in [3.8, 4) is 0 Å². The minimum absolute atomic E-state index is 0.0587. The lowest BCUT2D eigenvalue weighted by Gasteiger charge is -2.13. The predicted octanol–water partition coefficient (Wildman–Crippen LogP) is 2.86. The molecule has 0 bridgehead atoms. The van der Waals surface area contributed by atoms with E-state index in [1.807, 2.05) is 6.07 Å². The Morgan fingerprint density at radius 3 is 2.57 bits per heavy atom. The second kappa shape index (κ2) is 6.15. The fourth-order valence-corrected chi connectivity index (χ4v) is 2.72. The summed E-state index contributed by atoms with van der Waals surface area (Å²) in [6, 6.07) is 1.82. The smallest absolute Gasteiger partial charge is 0.149 e. The molecule has 0 aliphatic rings. The number of anilines is 1. The summed E-state index contributed by atoms with van der Waals surface area (Å²) in [7, 11) is -3.00. The van der Waals surface area contributed by atoms with Gasteiger partial charge in [0.15, 0.2) is 0 Å². The largest absolute Gasteiger partial charge is 0.368 e. The summed E-state index contributed by atoms with van der Waals surface area (Å²) in [5, 5.41) is 5.32. The fourth-order valence-electron chi connectivity index (χ4n) is 2.09. The molecule has 0 spiro atoms. The zero-order chi connectivity index (χ0) is 15.6. The standard InChI is InChI=1S/C14H18ClN3O2S/c1-9(2)11-7-18-14(16-4-5-21(3,19)20)12-8-17-13(15)6-10(11)12/h6-9H,4-5H2,1-3H3,(H,16,18). The van der Waals surface area contributed by atoms with E-state index in [2.05, 4.69) is 29.1 Å². The van der Waals surface area contributed by atoms with Gasteiger partial charge >= 0.3 is 0 Å². The van der Waals surface area contributed by atoms with Crippen LogP contribution in [0.2, 0.25) is 5.15 Å². The van der Waals surface area contributed by atoms with Crippen LogP contribution in [0.1, 0.15) is 25.3 Å². The summed E-state index contributed by atoms with van der Waals surface area (Å²) >= 11 is 5.98. The highest BCUT2D eigenvalue weighted by atomic mass is 35.5. The molecule has 2 aromatic rings. The van der Waals surface area contributed by atoms with Crippen LogP contribution in [0.4, 0.5) is 5.82 Å². The third-order valence-electron chi connectivity index (χ3n) is 3.16. The lowest BCUT2D eigenvalue weighted by molar-refractivity contribution is 0.602. The van der Waals surface area contributed by atoms with E-state index in [9.17, 15) is 8.42 Å². The zero-order valence-corrected chi connectivity index (χ0v) is 13.8. The quantitative estimate of drug-likeness (QED) is 0.855. The number of hydrogen-bond donors (Lipinski definition) is 1.